The van der Waals surface area contributed by atoms with Gasteiger partial charge in [0.25, 0.3) is 5.69 Å². The van der Waals surface area contributed by atoms with Crippen molar-refractivity contribution in [3.63, 3.8) is 0 Å². The number of nitrogens with two attached hydrogens (primary N) is 1. The Balaban J connectivity index is 2.42. The van der Waals surface area contributed by atoms with Crippen LogP contribution in [0.1, 0.15) is 0 Å². The minimum absolute atomic E-state index is 0.0385. The molecule has 10 nitrogen and oxygen atoms in total. The number of nitro groups is 2. The van der Waals surface area contributed by atoms with E-state index in [1.807, 2.05) is 0 Å². The molecule has 0 saturated heterocycles. The Morgan fingerprint density at radius 2 is 1.90 bits per heavy atom. The Kier molecular flexibility index (Phi) is 3.80. The molecule has 1 aromatic heterocycles. The standard InChI is InChI=1S/C10H6ClN5O5/c11-6-3-5(15(17)18)1-2-7(6)21-10-8(16(19)20)9(12)13-4-14-10/h1-4H,(H2,12,13,14). The molecular weight excluding hydrogens is 306 g/mol. The normalized spacial score (nSPS) is 10.1. The second kappa shape index (κ2) is 5.54. The summed E-state index contributed by atoms with van der Waals surface area (Å²) in [4.78, 5) is 27.1. The predicted octanol–water partition coefficient (Wildman–Crippen LogP) is 2.32. The maximum atomic E-state index is 10.9. The Morgan fingerprint density at radius 3 is 2.48 bits per heavy atom. The zero-order valence-electron chi connectivity index (χ0n) is 10.1. The molecule has 0 unspecified atom stereocenters. The molecule has 0 bridgehead atoms. The molecule has 108 valence electrons. The molecule has 2 N–H and O–H groups in total. The molecule has 2 rings (SSSR count). The summed E-state index contributed by atoms with van der Waals surface area (Å²) in [6.07, 6.45) is 0.983. The fraction of sp³-hybridized carbons (Fsp3) is 0. The number of anilines is 1. The van der Waals surface area contributed by atoms with Crippen LogP contribution in [0.4, 0.5) is 17.2 Å². The van der Waals surface area contributed by atoms with Crippen LogP contribution in [0.3, 0.4) is 0 Å². The number of aromatic nitrogens is 2. The van der Waals surface area contributed by atoms with Gasteiger partial charge in [0.1, 0.15) is 12.1 Å². The fourth-order valence-electron chi connectivity index (χ4n) is 1.41. The molecule has 0 radical (unpaired) electrons. The van der Waals surface area contributed by atoms with Crippen LogP contribution < -0.4 is 10.5 Å². The van der Waals surface area contributed by atoms with Gasteiger partial charge in [0, 0.05) is 12.1 Å². The maximum Gasteiger partial charge on any atom is 0.372 e. The van der Waals surface area contributed by atoms with Crippen molar-refractivity contribution in [3.8, 4) is 11.6 Å². The Labute approximate surface area is 121 Å². The van der Waals surface area contributed by atoms with E-state index in [1.165, 1.54) is 6.07 Å². The van der Waals surface area contributed by atoms with Crippen LogP contribution in [0.2, 0.25) is 5.02 Å². The molecule has 0 aliphatic rings. The van der Waals surface area contributed by atoms with Crippen LogP contribution in [-0.4, -0.2) is 19.8 Å². The lowest BCUT2D eigenvalue weighted by molar-refractivity contribution is -0.385. The summed E-state index contributed by atoms with van der Waals surface area (Å²) in [5, 5.41) is 21.4. The van der Waals surface area contributed by atoms with Gasteiger partial charge in [0.15, 0.2) is 0 Å². The van der Waals surface area contributed by atoms with Crippen molar-refractivity contribution in [2.24, 2.45) is 0 Å². The summed E-state index contributed by atoms with van der Waals surface area (Å²) in [6.45, 7) is 0. The first-order valence-corrected chi connectivity index (χ1v) is 5.64. The number of hydrogen-bond donors (Lipinski definition) is 1. The van der Waals surface area contributed by atoms with Crippen LogP contribution in [0.5, 0.6) is 11.6 Å². The van der Waals surface area contributed by atoms with E-state index in [0.717, 1.165) is 18.5 Å². The van der Waals surface area contributed by atoms with Crippen molar-refractivity contribution in [2.75, 3.05) is 5.73 Å². The highest BCUT2D eigenvalue weighted by molar-refractivity contribution is 6.32. The largest absolute Gasteiger partial charge is 0.432 e. The Hall–Kier alpha value is -3.01. The number of halogens is 1. The van der Waals surface area contributed by atoms with Gasteiger partial charge in [-0.2, -0.15) is 4.98 Å². The number of benzene rings is 1. The van der Waals surface area contributed by atoms with Crippen LogP contribution in [0.15, 0.2) is 24.5 Å². The zero-order chi connectivity index (χ0) is 15.6. The lowest BCUT2D eigenvalue weighted by Crippen LogP contribution is -2.02. The molecule has 0 fully saturated rings. The monoisotopic (exact) mass is 311 g/mol. The molecule has 11 heteroatoms. The van der Waals surface area contributed by atoms with E-state index in [0.29, 0.717) is 0 Å². The predicted molar refractivity (Wildman–Crippen MR) is 71.3 cm³/mol. The van der Waals surface area contributed by atoms with Crippen molar-refractivity contribution in [1.82, 2.24) is 9.97 Å². The second-order valence-corrected chi connectivity index (χ2v) is 4.05. The fourth-order valence-corrected chi connectivity index (χ4v) is 1.63. The highest BCUT2D eigenvalue weighted by Crippen LogP contribution is 2.36. The number of nitro benzene ring substituents is 1. The third kappa shape index (κ3) is 2.95. The second-order valence-electron chi connectivity index (χ2n) is 3.64. The number of nitrogen functional groups attached to an aromatic ring is 1. The SMILES string of the molecule is Nc1ncnc(Oc2ccc([N+](=O)[O-])cc2Cl)c1[N+](=O)[O-]. The molecule has 0 amide bonds. The molecule has 1 heterocycles. The summed E-state index contributed by atoms with van der Waals surface area (Å²) in [5.74, 6) is -0.824. The van der Waals surface area contributed by atoms with E-state index in [1.54, 1.807) is 0 Å². The summed E-state index contributed by atoms with van der Waals surface area (Å²) < 4.78 is 5.19. The Morgan fingerprint density at radius 1 is 1.19 bits per heavy atom. The Bertz CT molecular complexity index is 738. The molecule has 0 spiro atoms. The highest BCUT2D eigenvalue weighted by atomic mass is 35.5. The molecule has 1 aromatic carbocycles. The average molecular weight is 312 g/mol. The number of nitrogens with zero attached hydrogens (tertiary/aromatic N) is 4. The molecule has 0 atom stereocenters. The van der Waals surface area contributed by atoms with E-state index in [2.05, 4.69) is 9.97 Å². The van der Waals surface area contributed by atoms with Crippen LogP contribution >= 0.6 is 11.6 Å². The summed E-state index contributed by atoms with van der Waals surface area (Å²) in [5.41, 5.74) is 4.52. The van der Waals surface area contributed by atoms with Gasteiger partial charge in [-0.1, -0.05) is 11.6 Å². The van der Waals surface area contributed by atoms with Gasteiger partial charge in [-0.15, -0.1) is 0 Å². The van der Waals surface area contributed by atoms with E-state index in [4.69, 9.17) is 22.1 Å². The molecule has 0 aliphatic carbocycles. The summed E-state index contributed by atoms with van der Waals surface area (Å²) in [7, 11) is 0. The van der Waals surface area contributed by atoms with Crippen LogP contribution in [-0.2, 0) is 0 Å². The van der Waals surface area contributed by atoms with Crippen molar-refractivity contribution in [3.05, 3.63) is 49.8 Å². The van der Waals surface area contributed by atoms with Crippen LogP contribution in [0, 0.1) is 20.2 Å². The zero-order valence-corrected chi connectivity index (χ0v) is 10.9. The molecular formula is C10H6ClN5O5. The molecule has 21 heavy (non-hydrogen) atoms. The van der Waals surface area contributed by atoms with Gasteiger partial charge in [-0.25, -0.2) is 4.98 Å². The first kappa shape index (κ1) is 14.4. The summed E-state index contributed by atoms with van der Waals surface area (Å²) >= 11 is 5.82. The molecule has 2 aromatic rings. The number of ether oxygens (including phenoxy) is 1. The van der Waals surface area contributed by atoms with Crippen molar-refractivity contribution < 1.29 is 14.6 Å². The van der Waals surface area contributed by atoms with Gasteiger partial charge >= 0.3 is 11.6 Å². The third-order valence-corrected chi connectivity index (χ3v) is 2.63. The van der Waals surface area contributed by atoms with E-state index < -0.39 is 21.4 Å². The van der Waals surface area contributed by atoms with E-state index >= 15 is 0 Å². The van der Waals surface area contributed by atoms with Crippen LogP contribution in [0.25, 0.3) is 0 Å². The number of rotatable bonds is 4. The van der Waals surface area contributed by atoms with Gasteiger partial charge in [0.05, 0.1) is 14.9 Å². The topological polar surface area (TPSA) is 147 Å². The minimum atomic E-state index is -0.802. The van der Waals surface area contributed by atoms with Gasteiger partial charge in [-0.05, 0) is 6.07 Å². The van der Waals surface area contributed by atoms with E-state index in [-0.39, 0.29) is 22.3 Å². The average Bonchev–Trinajstić information content (AvgIpc) is 2.40. The lowest BCUT2D eigenvalue weighted by atomic mass is 10.3. The number of non-ortho nitro benzene ring substituents is 1. The third-order valence-electron chi connectivity index (χ3n) is 2.33. The van der Waals surface area contributed by atoms with Gasteiger partial charge in [0.2, 0.25) is 5.82 Å². The van der Waals surface area contributed by atoms with Gasteiger partial charge < -0.3 is 10.5 Å². The first-order valence-electron chi connectivity index (χ1n) is 5.27. The van der Waals surface area contributed by atoms with E-state index in [9.17, 15) is 20.2 Å². The van der Waals surface area contributed by atoms with Crippen molar-refractivity contribution >= 4 is 28.8 Å². The van der Waals surface area contributed by atoms with Crippen molar-refractivity contribution in [1.29, 1.82) is 0 Å². The molecule has 0 saturated carbocycles. The number of hydrogen-bond acceptors (Lipinski definition) is 8. The maximum absolute atomic E-state index is 10.9. The highest BCUT2D eigenvalue weighted by Gasteiger charge is 2.24. The summed E-state index contributed by atoms with van der Waals surface area (Å²) in [6, 6.07) is 3.38. The van der Waals surface area contributed by atoms with Crippen molar-refractivity contribution in [2.45, 2.75) is 0 Å². The first-order chi connectivity index (χ1) is 9.90. The minimum Gasteiger partial charge on any atom is -0.432 e. The quantitative estimate of drug-likeness (QED) is 0.668. The lowest BCUT2D eigenvalue weighted by Gasteiger charge is -2.07. The smallest absolute Gasteiger partial charge is 0.372 e. The van der Waals surface area contributed by atoms with Gasteiger partial charge in [-0.3, -0.25) is 20.2 Å². The molecule has 0 aliphatic heterocycles.